The monoisotopic (exact) mass is 315 g/mol. The molecule has 1 heterocycles. The second kappa shape index (κ2) is 4.63. The van der Waals surface area contributed by atoms with E-state index in [2.05, 4.69) is 4.98 Å². The highest BCUT2D eigenvalue weighted by molar-refractivity contribution is 6.31. The van der Waals surface area contributed by atoms with Crippen LogP contribution in [0.15, 0.2) is 24.3 Å². The second-order valence-electron chi connectivity index (χ2n) is 4.28. The number of anilines is 1. The van der Waals surface area contributed by atoms with E-state index in [1.165, 1.54) is 6.07 Å². The number of fused-ring (bicyclic) bond motifs is 1. The van der Waals surface area contributed by atoms with E-state index in [9.17, 15) is 17.6 Å². The molecule has 3 rings (SSSR count). The lowest BCUT2D eigenvalue weighted by molar-refractivity contribution is 0.493. The zero-order valence-electron chi connectivity index (χ0n) is 10.2. The number of rotatable bonds is 1. The van der Waals surface area contributed by atoms with Crippen LogP contribution in [-0.4, -0.2) is 9.55 Å². The predicted molar refractivity (Wildman–Crippen MR) is 70.3 cm³/mol. The standard InChI is InChI=1S/C13H6ClF4N3/c14-5-1-10-12(3-6(5)15)21(13(19)20-10)11-4-8(17)7(16)2-9(11)18/h1-4H,(H2,19,20). The maximum Gasteiger partial charge on any atom is 0.206 e. The van der Waals surface area contributed by atoms with E-state index < -0.39 is 23.3 Å². The van der Waals surface area contributed by atoms with E-state index in [4.69, 9.17) is 17.3 Å². The molecule has 21 heavy (non-hydrogen) atoms. The van der Waals surface area contributed by atoms with E-state index >= 15 is 0 Å². The lowest BCUT2D eigenvalue weighted by atomic mass is 10.2. The van der Waals surface area contributed by atoms with Crippen molar-refractivity contribution >= 4 is 28.6 Å². The van der Waals surface area contributed by atoms with Gasteiger partial charge in [-0.25, -0.2) is 22.5 Å². The van der Waals surface area contributed by atoms with Crippen LogP contribution < -0.4 is 5.73 Å². The molecule has 0 saturated heterocycles. The SMILES string of the molecule is Nc1nc2cc(Cl)c(F)cc2n1-c1cc(F)c(F)cc1F. The molecule has 0 atom stereocenters. The summed E-state index contributed by atoms with van der Waals surface area (Å²) in [6.45, 7) is 0. The molecule has 3 nitrogen and oxygen atoms in total. The van der Waals surface area contributed by atoms with Crippen LogP contribution in [0.2, 0.25) is 5.02 Å². The minimum Gasteiger partial charge on any atom is -0.369 e. The fourth-order valence-corrected chi connectivity index (χ4v) is 2.19. The first kappa shape index (κ1) is 13.7. The van der Waals surface area contributed by atoms with Gasteiger partial charge in [-0.1, -0.05) is 11.6 Å². The fraction of sp³-hybridized carbons (Fsp3) is 0. The van der Waals surface area contributed by atoms with Gasteiger partial charge in [0.05, 0.1) is 21.7 Å². The third kappa shape index (κ3) is 2.09. The highest BCUT2D eigenvalue weighted by Gasteiger charge is 2.18. The third-order valence-electron chi connectivity index (χ3n) is 2.95. The van der Waals surface area contributed by atoms with Crippen molar-refractivity contribution in [2.45, 2.75) is 0 Å². The van der Waals surface area contributed by atoms with Crippen LogP contribution >= 0.6 is 11.6 Å². The number of nitrogens with two attached hydrogens (primary N) is 1. The van der Waals surface area contributed by atoms with Gasteiger partial charge in [-0.2, -0.15) is 0 Å². The van der Waals surface area contributed by atoms with Crippen LogP contribution in [0.5, 0.6) is 0 Å². The summed E-state index contributed by atoms with van der Waals surface area (Å²) < 4.78 is 54.7. The van der Waals surface area contributed by atoms with E-state index in [0.717, 1.165) is 10.6 Å². The molecule has 0 spiro atoms. The van der Waals surface area contributed by atoms with Crippen molar-refractivity contribution in [3.8, 4) is 5.69 Å². The van der Waals surface area contributed by atoms with Crippen molar-refractivity contribution in [3.05, 3.63) is 52.6 Å². The Morgan fingerprint density at radius 1 is 0.905 bits per heavy atom. The van der Waals surface area contributed by atoms with Gasteiger partial charge in [-0.3, -0.25) is 4.57 Å². The maximum absolute atomic E-state index is 13.9. The van der Waals surface area contributed by atoms with Crippen molar-refractivity contribution < 1.29 is 17.6 Å². The molecule has 0 amide bonds. The fourth-order valence-electron chi connectivity index (χ4n) is 2.03. The van der Waals surface area contributed by atoms with E-state index in [0.29, 0.717) is 12.1 Å². The van der Waals surface area contributed by atoms with Crippen molar-refractivity contribution in [2.24, 2.45) is 0 Å². The molecule has 108 valence electrons. The molecule has 0 radical (unpaired) electrons. The predicted octanol–water partition coefficient (Wildman–Crippen LogP) is 3.82. The Morgan fingerprint density at radius 2 is 1.57 bits per heavy atom. The van der Waals surface area contributed by atoms with Crippen LogP contribution in [0.3, 0.4) is 0 Å². The summed E-state index contributed by atoms with van der Waals surface area (Å²) in [5.74, 6) is -4.64. The first-order chi connectivity index (χ1) is 9.88. The molecule has 0 saturated carbocycles. The van der Waals surface area contributed by atoms with Gasteiger partial charge in [0, 0.05) is 18.2 Å². The highest BCUT2D eigenvalue weighted by Crippen LogP contribution is 2.29. The summed E-state index contributed by atoms with van der Waals surface area (Å²) in [7, 11) is 0. The van der Waals surface area contributed by atoms with Crippen molar-refractivity contribution in [3.63, 3.8) is 0 Å². The Kier molecular flexibility index (Phi) is 3.02. The van der Waals surface area contributed by atoms with E-state index in [-0.39, 0.29) is 27.7 Å². The van der Waals surface area contributed by atoms with E-state index in [1.807, 2.05) is 0 Å². The van der Waals surface area contributed by atoms with Gasteiger partial charge in [-0.15, -0.1) is 0 Å². The van der Waals surface area contributed by atoms with Crippen LogP contribution in [0.25, 0.3) is 16.7 Å². The zero-order valence-corrected chi connectivity index (χ0v) is 10.9. The molecule has 0 fully saturated rings. The number of nitrogen functional groups attached to an aromatic ring is 1. The molecule has 2 aromatic carbocycles. The number of halogens is 5. The van der Waals surface area contributed by atoms with Gasteiger partial charge in [0.1, 0.15) is 11.6 Å². The normalized spacial score (nSPS) is 11.3. The largest absolute Gasteiger partial charge is 0.369 e. The zero-order chi connectivity index (χ0) is 15.3. The van der Waals surface area contributed by atoms with Gasteiger partial charge < -0.3 is 5.73 Å². The lowest BCUT2D eigenvalue weighted by Crippen LogP contribution is -2.04. The topological polar surface area (TPSA) is 43.8 Å². The molecule has 1 aromatic heterocycles. The van der Waals surface area contributed by atoms with Gasteiger partial charge in [0.2, 0.25) is 5.95 Å². The number of imidazole rings is 1. The second-order valence-corrected chi connectivity index (χ2v) is 4.69. The highest BCUT2D eigenvalue weighted by atomic mass is 35.5. The van der Waals surface area contributed by atoms with Crippen LogP contribution in [0.4, 0.5) is 23.5 Å². The molecule has 0 aliphatic rings. The van der Waals surface area contributed by atoms with Gasteiger partial charge in [-0.05, 0) is 6.07 Å². The molecular formula is C13H6ClF4N3. The quantitative estimate of drug-likeness (QED) is 0.548. The van der Waals surface area contributed by atoms with Crippen LogP contribution in [-0.2, 0) is 0 Å². The maximum atomic E-state index is 13.9. The molecule has 0 unspecified atom stereocenters. The van der Waals surface area contributed by atoms with Crippen molar-refractivity contribution in [1.29, 1.82) is 0 Å². The molecular weight excluding hydrogens is 310 g/mol. The Balaban J connectivity index is 2.37. The molecule has 0 aliphatic heterocycles. The Bertz CT molecular complexity index is 876. The minimum absolute atomic E-state index is 0.0827. The minimum atomic E-state index is -1.34. The van der Waals surface area contributed by atoms with Crippen LogP contribution in [0.1, 0.15) is 0 Å². The average molecular weight is 316 g/mol. The lowest BCUT2D eigenvalue weighted by Gasteiger charge is -2.08. The Labute approximate surface area is 120 Å². The number of aromatic nitrogens is 2. The summed E-state index contributed by atoms with van der Waals surface area (Å²) in [6, 6.07) is 3.19. The molecule has 2 N–H and O–H groups in total. The van der Waals surface area contributed by atoms with Gasteiger partial charge >= 0.3 is 0 Å². The molecule has 8 heteroatoms. The Morgan fingerprint density at radius 3 is 2.29 bits per heavy atom. The number of benzene rings is 2. The number of hydrogen-bond donors (Lipinski definition) is 1. The summed E-state index contributed by atoms with van der Waals surface area (Å²) in [6.07, 6.45) is 0. The molecule has 3 aromatic rings. The Hall–Kier alpha value is -2.28. The van der Waals surface area contributed by atoms with Gasteiger partial charge in [0.25, 0.3) is 0 Å². The van der Waals surface area contributed by atoms with Crippen molar-refractivity contribution in [1.82, 2.24) is 9.55 Å². The molecule has 0 bridgehead atoms. The smallest absolute Gasteiger partial charge is 0.206 e. The average Bonchev–Trinajstić information content (AvgIpc) is 2.70. The third-order valence-corrected chi connectivity index (χ3v) is 3.24. The first-order valence-corrected chi connectivity index (χ1v) is 6.04. The summed E-state index contributed by atoms with van der Waals surface area (Å²) in [4.78, 5) is 3.89. The van der Waals surface area contributed by atoms with Crippen molar-refractivity contribution in [2.75, 3.05) is 5.73 Å². The van der Waals surface area contributed by atoms with E-state index in [1.54, 1.807) is 0 Å². The number of hydrogen-bond acceptors (Lipinski definition) is 2. The summed E-state index contributed by atoms with van der Waals surface area (Å²) >= 11 is 5.62. The first-order valence-electron chi connectivity index (χ1n) is 5.66. The number of nitrogens with zero attached hydrogens (tertiary/aromatic N) is 2. The summed E-state index contributed by atoms with van der Waals surface area (Å²) in [5.41, 5.74) is 5.55. The molecule has 0 aliphatic carbocycles. The van der Waals surface area contributed by atoms with Crippen LogP contribution in [0, 0.1) is 23.3 Å². The van der Waals surface area contributed by atoms with Gasteiger partial charge in [0.15, 0.2) is 11.6 Å². The summed E-state index contributed by atoms with van der Waals surface area (Å²) in [5, 5.41) is -0.182.